The van der Waals surface area contributed by atoms with Crippen molar-refractivity contribution in [3.05, 3.63) is 11.1 Å². The minimum atomic E-state index is -0.354. The average molecular weight is 326 g/mol. The summed E-state index contributed by atoms with van der Waals surface area (Å²) in [6, 6.07) is 0. The van der Waals surface area contributed by atoms with Crippen LogP contribution in [0.2, 0.25) is 0 Å². The highest BCUT2D eigenvalue weighted by Gasteiger charge is 2.22. The minimum absolute atomic E-state index is 0.347. The number of rotatable bonds is 13. The van der Waals surface area contributed by atoms with Crippen LogP contribution in [-0.2, 0) is 19.1 Å². The Balaban J connectivity index is 5.20. The van der Waals surface area contributed by atoms with Crippen LogP contribution >= 0.6 is 0 Å². The van der Waals surface area contributed by atoms with E-state index in [0.29, 0.717) is 37.2 Å². The molecule has 0 radical (unpaired) electrons. The largest absolute Gasteiger partial charge is 0.462 e. The molecule has 0 aliphatic heterocycles. The Kier molecular flexibility index (Phi) is 13.5. The predicted octanol–water partition coefficient (Wildman–Crippen LogP) is 4.96. The molecule has 0 aliphatic carbocycles. The van der Waals surface area contributed by atoms with Gasteiger partial charge in [0.25, 0.3) is 0 Å². The van der Waals surface area contributed by atoms with Crippen molar-refractivity contribution >= 4 is 11.9 Å². The Morgan fingerprint density at radius 2 is 1.13 bits per heavy atom. The molecular weight excluding hydrogens is 292 g/mol. The molecule has 0 saturated heterocycles. The Morgan fingerprint density at radius 3 is 1.57 bits per heavy atom. The highest BCUT2D eigenvalue weighted by molar-refractivity contribution is 6.00. The van der Waals surface area contributed by atoms with Crippen molar-refractivity contribution in [1.29, 1.82) is 0 Å². The van der Waals surface area contributed by atoms with Crippen molar-refractivity contribution in [1.82, 2.24) is 0 Å². The van der Waals surface area contributed by atoms with E-state index in [1.54, 1.807) is 0 Å². The number of hydrogen-bond donors (Lipinski definition) is 0. The van der Waals surface area contributed by atoms with E-state index < -0.39 is 0 Å². The molecule has 0 aromatic rings. The predicted molar refractivity (Wildman–Crippen MR) is 93.2 cm³/mol. The van der Waals surface area contributed by atoms with E-state index in [-0.39, 0.29) is 11.9 Å². The number of unbranched alkanes of at least 4 members (excludes halogenated alkanes) is 3. The smallest absolute Gasteiger partial charge is 0.334 e. The second-order valence-corrected chi connectivity index (χ2v) is 5.79. The lowest BCUT2D eigenvalue weighted by Crippen LogP contribution is -2.17. The van der Waals surface area contributed by atoms with Gasteiger partial charge in [-0.3, -0.25) is 0 Å². The van der Waals surface area contributed by atoms with Gasteiger partial charge in [-0.15, -0.1) is 0 Å². The maximum absolute atomic E-state index is 12.4. The molecule has 0 saturated carbocycles. The molecule has 0 aromatic carbocycles. The van der Waals surface area contributed by atoms with Crippen LogP contribution in [0, 0.1) is 0 Å². The monoisotopic (exact) mass is 326 g/mol. The lowest BCUT2D eigenvalue weighted by atomic mass is 9.98. The molecule has 0 spiro atoms. The van der Waals surface area contributed by atoms with E-state index in [4.69, 9.17) is 9.47 Å². The second kappa shape index (κ2) is 14.3. The van der Waals surface area contributed by atoms with Crippen LogP contribution in [0.5, 0.6) is 0 Å². The van der Waals surface area contributed by atoms with Crippen molar-refractivity contribution in [2.45, 2.75) is 85.5 Å². The topological polar surface area (TPSA) is 52.6 Å². The summed E-state index contributed by atoms with van der Waals surface area (Å²) < 4.78 is 10.6. The summed E-state index contributed by atoms with van der Waals surface area (Å²) in [5.74, 6) is -0.701. The molecule has 0 heterocycles. The van der Waals surface area contributed by atoms with Crippen LogP contribution in [0.25, 0.3) is 0 Å². The summed E-state index contributed by atoms with van der Waals surface area (Å²) in [4.78, 5) is 24.7. The highest BCUT2D eigenvalue weighted by atomic mass is 16.5. The molecule has 0 bridgehead atoms. The van der Waals surface area contributed by atoms with Crippen LogP contribution in [0.4, 0.5) is 0 Å². The van der Waals surface area contributed by atoms with Gasteiger partial charge < -0.3 is 9.47 Å². The maximum atomic E-state index is 12.4. The van der Waals surface area contributed by atoms with Crippen LogP contribution < -0.4 is 0 Å². The zero-order valence-electron chi connectivity index (χ0n) is 15.4. The standard InChI is InChI=1S/C19H34O4/c1-5-9-10-11-13-17(19(21)23-15-8-4)16(12-6-2)18(20)22-14-7-3/h5-15H2,1-4H3. The number of hydrogen-bond acceptors (Lipinski definition) is 4. The van der Waals surface area contributed by atoms with Gasteiger partial charge in [-0.2, -0.15) is 0 Å². The number of carbonyl (C=O) groups is 2. The summed E-state index contributed by atoms with van der Waals surface area (Å²) in [6.45, 7) is 8.84. The summed E-state index contributed by atoms with van der Waals surface area (Å²) in [5.41, 5.74) is 1.04. The lowest BCUT2D eigenvalue weighted by Gasteiger charge is -2.14. The normalized spacial score (nSPS) is 11.8. The van der Waals surface area contributed by atoms with Gasteiger partial charge in [0, 0.05) is 11.1 Å². The van der Waals surface area contributed by atoms with E-state index in [0.717, 1.165) is 44.9 Å². The molecule has 0 atom stereocenters. The zero-order valence-corrected chi connectivity index (χ0v) is 15.4. The quantitative estimate of drug-likeness (QED) is 0.273. The van der Waals surface area contributed by atoms with Gasteiger partial charge in [0.2, 0.25) is 0 Å². The van der Waals surface area contributed by atoms with Crippen LogP contribution in [0.3, 0.4) is 0 Å². The van der Waals surface area contributed by atoms with Crippen molar-refractivity contribution < 1.29 is 19.1 Å². The number of carbonyl (C=O) groups excluding carboxylic acids is 2. The molecule has 0 amide bonds. The Bertz CT molecular complexity index is 372. The van der Waals surface area contributed by atoms with Crippen LogP contribution in [-0.4, -0.2) is 25.2 Å². The fraction of sp³-hybridized carbons (Fsp3) is 0.789. The van der Waals surface area contributed by atoms with Gasteiger partial charge >= 0.3 is 11.9 Å². The molecule has 0 aliphatic rings. The molecule has 0 aromatic heterocycles. The number of esters is 2. The van der Waals surface area contributed by atoms with Crippen LogP contribution in [0.1, 0.15) is 85.5 Å². The Labute approximate surface area is 141 Å². The van der Waals surface area contributed by atoms with Gasteiger partial charge in [-0.1, -0.05) is 53.4 Å². The van der Waals surface area contributed by atoms with Crippen LogP contribution in [0.15, 0.2) is 11.1 Å². The van der Waals surface area contributed by atoms with E-state index in [1.165, 1.54) is 0 Å². The summed E-state index contributed by atoms with van der Waals surface area (Å²) in [6.07, 6.45) is 7.75. The highest BCUT2D eigenvalue weighted by Crippen LogP contribution is 2.21. The molecule has 0 fully saturated rings. The average Bonchev–Trinajstić information content (AvgIpc) is 2.56. The Hall–Kier alpha value is -1.32. The SMILES string of the molecule is CCCCCCC(C(=O)OCCC)=C(CCC)C(=O)OCCC. The van der Waals surface area contributed by atoms with Crippen molar-refractivity contribution in [3.63, 3.8) is 0 Å². The summed E-state index contributed by atoms with van der Waals surface area (Å²) in [5, 5.41) is 0. The lowest BCUT2D eigenvalue weighted by molar-refractivity contribution is -0.142. The van der Waals surface area contributed by atoms with Gasteiger partial charge in [0.15, 0.2) is 0 Å². The van der Waals surface area contributed by atoms with E-state index in [9.17, 15) is 9.59 Å². The molecular formula is C19H34O4. The molecule has 4 nitrogen and oxygen atoms in total. The van der Waals surface area contributed by atoms with Gasteiger partial charge in [0.05, 0.1) is 13.2 Å². The Morgan fingerprint density at radius 1 is 0.609 bits per heavy atom. The first-order valence-electron chi connectivity index (χ1n) is 9.18. The zero-order chi connectivity index (χ0) is 17.5. The molecule has 4 heteroatoms. The van der Waals surface area contributed by atoms with Crippen molar-refractivity contribution in [3.8, 4) is 0 Å². The van der Waals surface area contributed by atoms with Gasteiger partial charge in [-0.05, 0) is 32.1 Å². The van der Waals surface area contributed by atoms with E-state index in [1.807, 2.05) is 20.8 Å². The minimum Gasteiger partial charge on any atom is -0.462 e. The third-order valence-corrected chi connectivity index (χ3v) is 3.51. The van der Waals surface area contributed by atoms with Crippen molar-refractivity contribution in [2.75, 3.05) is 13.2 Å². The maximum Gasteiger partial charge on any atom is 0.334 e. The molecule has 0 N–H and O–H groups in total. The number of ether oxygens (including phenoxy) is 2. The van der Waals surface area contributed by atoms with E-state index in [2.05, 4.69) is 6.92 Å². The fourth-order valence-corrected chi connectivity index (χ4v) is 2.29. The van der Waals surface area contributed by atoms with E-state index >= 15 is 0 Å². The van der Waals surface area contributed by atoms with Gasteiger partial charge in [-0.25, -0.2) is 9.59 Å². The molecule has 23 heavy (non-hydrogen) atoms. The summed E-state index contributed by atoms with van der Waals surface area (Å²) in [7, 11) is 0. The second-order valence-electron chi connectivity index (χ2n) is 5.79. The van der Waals surface area contributed by atoms with Gasteiger partial charge in [0.1, 0.15) is 0 Å². The molecule has 0 rings (SSSR count). The summed E-state index contributed by atoms with van der Waals surface area (Å²) >= 11 is 0. The first-order valence-corrected chi connectivity index (χ1v) is 9.18. The molecule has 0 unspecified atom stereocenters. The first kappa shape index (κ1) is 21.7. The third-order valence-electron chi connectivity index (χ3n) is 3.51. The first-order chi connectivity index (χ1) is 11.1. The molecule has 134 valence electrons. The fourth-order valence-electron chi connectivity index (χ4n) is 2.29. The van der Waals surface area contributed by atoms with Crippen molar-refractivity contribution in [2.24, 2.45) is 0 Å². The third kappa shape index (κ3) is 9.42.